The van der Waals surface area contributed by atoms with Crippen LogP contribution in [0.3, 0.4) is 0 Å². The summed E-state index contributed by atoms with van der Waals surface area (Å²) in [4.78, 5) is 38.7. The van der Waals surface area contributed by atoms with Crippen molar-refractivity contribution in [2.45, 2.75) is 0 Å². The van der Waals surface area contributed by atoms with Gasteiger partial charge in [-0.05, 0) is 36.4 Å². The molecular weight excluding hydrogens is 334 g/mol. The Morgan fingerprint density at radius 1 is 1.17 bits per heavy atom. The highest BCUT2D eigenvalue weighted by Gasteiger charge is 2.12. The van der Waals surface area contributed by atoms with Crippen LogP contribution in [0.25, 0.3) is 0 Å². The molecule has 2 amide bonds. The maximum atomic E-state index is 11.8. The lowest BCUT2D eigenvalue weighted by atomic mass is 10.2. The SMILES string of the molecule is CNC(=O)c1ccc(NC(=O)COC(=O)c2cc(Cl)ccn2)cc1. The monoisotopic (exact) mass is 347 g/mol. The van der Waals surface area contributed by atoms with Crippen molar-refractivity contribution in [3.05, 3.63) is 58.9 Å². The zero-order valence-corrected chi connectivity index (χ0v) is 13.5. The number of benzene rings is 1. The number of nitrogens with one attached hydrogen (secondary N) is 2. The van der Waals surface area contributed by atoms with E-state index in [4.69, 9.17) is 16.3 Å². The van der Waals surface area contributed by atoms with Crippen molar-refractivity contribution in [2.24, 2.45) is 0 Å². The van der Waals surface area contributed by atoms with E-state index in [0.717, 1.165) is 0 Å². The molecule has 2 N–H and O–H groups in total. The zero-order valence-electron chi connectivity index (χ0n) is 12.7. The number of pyridine rings is 1. The molecule has 0 radical (unpaired) electrons. The van der Waals surface area contributed by atoms with Crippen LogP contribution in [0.2, 0.25) is 5.02 Å². The highest BCUT2D eigenvalue weighted by atomic mass is 35.5. The van der Waals surface area contributed by atoms with Gasteiger partial charge in [-0.1, -0.05) is 11.6 Å². The third kappa shape index (κ3) is 4.79. The van der Waals surface area contributed by atoms with Crippen molar-refractivity contribution < 1.29 is 19.1 Å². The number of hydrogen-bond acceptors (Lipinski definition) is 5. The normalized spacial score (nSPS) is 9.92. The number of hydrogen-bond donors (Lipinski definition) is 2. The molecule has 0 saturated carbocycles. The van der Waals surface area contributed by atoms with Gasteiger partial charge in [0.1, 0.15) is 5.69 Å². The van der Waals surface area contributed by atoms with Gasteiger partial charge in [-0.3, -0.25) is 9.59 Å². The van der Waals surface area contributed by atoms with Crippen molar-refractivity contribution in [2.75, 3.05) is 19.0 Å². The molecule has 1 aromatic carbocycles. The number of anilines is 1. The Bertz CT molecular complexity index is 762. The summed E-state index contributed by atoms with van der Waals surface area (Å²) in [5, 5.41) is 5.39. The van der Waals surface area contributed by atoms with E-state index in [0.29, 0.717) is 16.3 Å². The number of amides is 2. The van der Waals surface area contributed by atoms with E-state index in [1.54, 1.807) is 24.3 Å². The number of nitrogens with zero attached hydrogens (tertiary/aromatic N) is 1. The van der Waals surface area contributed by atoms with Gasteiger partial charge in [0.2, 0.25) is 0 Å². The van der Waals surface area contributed by atoms with Gasteiger partial charge in [-0.25, -0.2) is 9.78 Å². The van der Waals surface area contributed by atoms with Crippen LogP contribution in [-0.2, 0) is 9.53 Å². The third-order valence-corrected chi connectivity index (χ3v) is 3.16. The minimum Gasteiger partial charge on any atom is -0.451 e. The van der Waals surface area contributed by atoms with E-state index in [9.17, 15) is 14.4 Å². The first-order valence-electron chi connectivity index (χ1n) is 6.90. The molecule has 0 saturated heterocycles. The maximum Gasteiger partial charge on any atom is 0.357 e. The lowest BCUT2D eigenvalue weighted by molar-refractivity contribution is -0.119. The van der Waals surface area contributed by atoms with Crippen molar-refractivity contribution in [1.29, 1.82) is 0 Å². The number of halogens is 1. The maximum absolute atomic E-state index is 11.8. The molecule has 124 valence electrons. The number of carbonyl (C=O) groups is 3. The smallest absolute Gasteiger partial charge is 0.357 e. The molecule has 7 nitrogen and oxygen atoms in total. The van der Waals surface area contributed by atoms with E-state index in [1.807, 2.05) is 0 Å². The average molecular weight is 348 g/mol. The van der Waals surface area contributed by atoms with Gasteiger partial charge < -0.3 is 15.4 Å². The van der Waals surface area contributed by atoms with Crippen molar-refractivity contribution in [3.8, 4) is 0 Å². The first-order chi connectivity index (χ1) is 11.5. The molecule has 0 aliphatic rings. The standard InChI is InChI=1S/C16H14ClN3O4/c1-18-15(22)10-2-4-12(5-3-10)20-14(21)9-24-16(23)13-8-11(17)6-7-19-13/h2-8H,9H2,1H3,(H,18,22)(H,20,21). The second-order valence-corrected chi connectivity index (χ2v) is 5.08. The Labute approximate surface area is 143 Å². The van der Waals surface area contributed by atoms with Gasteiger partial charge in [0.15, 0.2) is 6.61 Å². The van der Waals surface area contributed by atoms with Crippen molar-refractivity contribution in [3.63, 3.8) is 0 Å². The van der Waals surface area contributed by atoms with Crippen molar-refractivity contribution >= 4 is 35.1 Å². The first-order valence-corrected chi connectivity index (χ1v) is 7.28. The quantitative estimate of drug-likeness (QED) is 0.805. The summed E-state index contributed by atoms with van der Waals surface area (Å²) in [7, 11) is 1.53. The molecule has 2 rings (SSSR count). The molecule has 0 aliphatic heterocycles. The van der Waals surface area contributed by atoms with Gasteiger partial charge in [0, 0.05) is 29.5 Å². The highest BCUT2D eigenvalue weighted by Crippen LogP contribution is 2.10. The van der Waals surface area contributed by atoms with Crippen LogP contribution >= 0.6 is 11.6 Å². The fourth-order valence-corrected chi connectivity index (χ4v) is 1.93. The minimum atomic E-state index is -0.748. The Kier molecular flexibility index (Phi) is 5.86. The van der Waals surface area contributed by atoms with Gasteiger partial charge in [-0.2, -0.15) is 0 Å². The summed E-state index contributed by atoms with van der Waals surface area (Å²) in [5.74, 6) is -1.49. The third-order valence-electron chi connectivity index (χ3n) is 2.92. The average Bonchev–Trinajstić information content (AvgIpc) is 2.59. The second kappa shape index (κ2) is 8.07. The molecular formula is C16H14ClN3O4. The van der Waals surface area contributed by atoms with Crippen LogP contribution in [-0.4, -0.2) is 36.4 Å². The molecule has 24 heavy (non-hydrogen) atoms. The van der Waals surface area contributed by atoms with Crippen LogP contribution in [0.15, 0.2) is 42.6 Å². The van der Waals surface area contributed by atoms with Gasteiger partial charge in [0.05, 0.1) is 0 Å². The van der Waals surface area contributed by atoms with Crippen LogP contribution in [0.5, 0.6) is 0 Å². The lowest BCUT2D eigenvalue weighted by Crippen LogP contribution is -2.21. The summed E-state index contributed by atoms with van der Waals surface area (Å²) in [6, 6.07) is 9.14. The fourth-order valence-electron chi connectivity index (χ4n) is 1.77. The summed E-state index contributed by atoms with van der Waals surface area (Å²) >= 11 is 5.75. The molecule has 8 heteroatoms. The Morgan fingerprint density at radius 2 is 1.88 bits per heavy atom. The van der Waals surface area contributed by atoms with Crippen LogP contribution in [0.1, 0.15) is 20.8 Å². The van der Waals surface area contributed by atoms with Gasteiger partial charge >= 0.3 is 5.97 Å². The molecule has 0 spiro atoms. The molecule has 1 heterocycles. The fraction of sp³-hybridized carbons (Fsp3) is 0.125. The number of esters is 1. The Morgan fingerprint density at radius 3 is 2.50 bits per heavy atom. The summed E-state index contributed by atoms with van der Waals surface area (Å²) in [6.07, 6.45) is 1.37. The molecule has 0 atom stereocenters. The Balaban J connectivity index is 1.87. The molecule has 0 aliphatic carbocycles. The van der Waals surface area contributed by atoms with E-state index in [1.165, 1.54) is 25.4 Å². The van der Waals surface area contributed by atoms with Crippen LogP contribution in [0.4, 0.5) is 5.69 Å². The van der Waals surface area contributed by atoms with E-state index < -0.39 is 18.5 Å². The minimum absolute atomic E-state index is 0.0187. The molecule has 1 aromatic heterocycles. The molecule has 0 fully saturated rings. The predicted molar refractivity (Wildman–Crippen MR) is 88.0 cm³/mol. The largest absolute Gasteiger partial charge is 0.451 e. The van der Waals surface area contributed by atoms with E-state index in [-0.39, 0.29) is 11.6 Å². The number of carbonyl (C=O) groups excluding carboxylic acids is 3. The topological polar surface area (TPSA) is 97.4 Å². The van der Waals surface area contributed by atoms with E-state index >= 15 is 0 Å². The predicted octanol–water partition coefficient (Wildman–Crippen LogP) is 1.89. The number of ether oxygens (including phenoxy) is 1. The molecule has 0 unspecified atom stereocenters. The zero-order chi connectivity index (χ0) is 17.5. The number of rotatable bonds is 5. The van der Waals surface area contributed by atoms with Gasteiger partial charge in [-0.15, -0.1) is 0 Å². The summed E-state index contributed by atoms with van der Waals surface area (Å²) in [5.41, 5.74) is 0.962. The summed E-state index contributed by atoms with van der Waals surface area (Å²) < 4.78 is 4.86. The molecule has 0 bridgehead atoms. The Hall–Kier alpha value is -2.93. The van der Waals surface area contributed by atoms with Crippen LogP contribution < -0.4 is 10.6 Å². The second-order valence-electron chi connectivity index (χ2n) is 4.64. The highest BCUT2D eigenvalue weighted by molar-refractivity contribution is 6.30. The lowest BCUT2D eigenvalue weighted by Gasteiger charge is -2.07. The molecule has 2 aromatic rings. The first kappa shape index (κ1) is 17.4. The van der Waals surface area contributed by atoms with Crippen LogP contribution in [0, 0.1) is 0 Å². The van der Waals surface area contributed by atoms with Gasteiger partial charge in [0.25, 0.3) is 11.8 Å². The van der Waals surface area contributed by atoms with E-state index in [2.05, 4.69) is 15.6 Å². The number of aromatic nitrogens is 1. The van der Waals surface area contributed by atoms with Crippen molar-refractivity contribution in [1.82, 2.24) is 10.3 Å². The summed E-state index contributed by atoms with van der Waals surface area (Å²) in [6.45, 7) is -0.468.